The van der Waals surface area contributed by atoms with Gasteiger partial charge in [0.05, 0.1) is 24.5 Å². The van der Waals surface area contributed by atoms with Crippen LogP contribution in [0.25, 0.3) is 11.4 Å². The van der Waals surface area contributed by atoms with Gasteiger partial charge in [-0.2, -0.15) is 5.10 Å². The molecular weight excluding hydrogens is 463 g/mol. The minimum Gasteiger partial charge on any atom is -0.382 e. The Hall–Kier alpha value is -4.12. The van der Waals surface area contributed by atoms with Crippen molar-refractivity contribution in [3.8, 4) is 11.4 Å². The van der Waals surface area contributed by atoms with Gasteiger partial charge < -0.3 is 19.5 Å². The van der Waals surface area contributed by atoms with E-state index in [-0.39, 0.29) is 41.9 Å². The molecule has 11 heteroatoms. The number of carbonyl (C=O) groups is 1. The van der Waals surface area contributed by atoms with Crippen LogP contribution in [-0.2, 0) is 24.8 Å². The van der Waals surface area contributed by atoms with Crippen molar-refractivity contribution in [3.05, 3.63) is 71.2 Å². The minimum atomic E-state index is -2.47. The molecule has 10 nitrogen and oxygen atoms in total. The molecule has 0 unspecified atom stereocenters. The number of fused-ring (bicyclic) bond motifs is 1. The summed E-state index contributed by atoms with van der Waals surface area (Å²) in [4.78, 5) is 28.7. The molecule has 0 radical (unpaired) electrons. The van der Waals surface area contributed by atoms with Crippen LogP contribution in [0.15, 0.2) is 42.9 Å². The van der Waals surface area contributed by atoms with Crippen molar-refractivity contribution in [3.63, 3.8) is 0 Å². The van der Waals surface area contributed by atoms with E-state index in [0.29, 0.717) is 41.2 Å². The Morgan fingerprint density at radius 2 is 2.11 bits per heavy atom. The van der Waals surface area contributed by atoms with Gasteiger partial charge in [-0.05, 0) is 36.6 Å². The van der Waals surface area contributed by atoms with Crippen LogP contribution in [-0.4, -0.2) is 59.9 Å². The van der Waals surface area contributed by atoms with E-state index in [4.69, 9.17) is 8.85 Å². The second-order valence-corrected chi connectivity index (χ2v) is 8.71. The number of methoxy groups -OCH3 is 1. The maximum Gasteiger partial charge on any atom is 0.290 e. The Bertz CT molecular complexity index is 1530. The molecular formula is C25H27FN8O2. The highest BCUT2D eigenvalue weighted by atomic mass is 19.1. The van der Waals surface area contributed by atoms with Crippen LogP contribution in [0.3, 0.4) is 0 Å². The molecule has 0 saturated carbocycles. The number of anilines is 2. The molecule has 1 aliphatic heterocycles. The standard InChI is InChI=1S/C25H27FN8O2/c1-15-5-6-17(9-19(15)26)11-34-18(14-36-4)12-33-13-20(29-23(33)24(34)35)22-16(2)10-27-25(31-22)30-21-7-8-28-32(21)3/h5-10,13,18H,11-12,14H2,1-4H3,(H,27,30,31)/t18-/m1/s1/i3D3. The third kappa shape index (κ3) is 4.44. The molecule has 186 valence electrons. The predicted molar refractivity (Wildman–Crippen MR) is 131 cm³/mol. The predicted octanol–water partition coefficient (Wildman–Crippen LogP) is 3.24. The van der Waals surface area contributed by atoms with E-state index in [1.165, 1.54) is 18.3 Å². The summed E-state index contributed by atoms with van der Waals surface area (Å²) in [5.41, 5.74) is 2.87. The Balaban J connectivity index is 1.45. The van der Waals surface area contributed by atoms with Crippen LogP contribution in [0, 0.1) is 19.7 Å². The molecule has 1 aromatic carbocycles. The van der Waals surface area contributed by atoms with Gasteiger partial charge in [0.2, 0.25) is 5.95 Å². The Morgan fingerprint density at radius 1 is 1.25 bits per heavy atom. The summed E-state index contributed by atoms with van der Waals surface area (Å²) in [5.74, 6) is -0.0383. The monoisotopic (exact) mass is 493 g/mol. The number of benzene rings is 1. The lowest BCUT2D eigenvalue weighted by Crippen LogP contribution is -2.49. The van der Waals surface area contributed by atoms with Gasteiger partial charge in [0.1, 0.15) is 17.3 Å². The number of rotatable bonds is 7. The van der Waals surface area contributed by atoms with Crippen molar-refractivity contribution < 1.29 is 18.0 Å². The van der Waals surface area contributed by atoms with Crippen molar-refractivity contribution >= 4 is 17.7 Å². The number of carbonyl (C=O) groups excluding carboxylic acids is 1. The summed E-state index contributed by atoms with van der Waals surface area (Å²) >= 11 is 0. The first-order valence-corrected chi connectivity index (χ1v) is 11.3. The summed E-state index contributed by atoms with van der Waals surface area (Å²) in [6.45, 7) is 1.98. The second-order valence-electron chi connectivity index (χ2n) is 8.71. The van der Waals surface area contributed by atoms with E-state index in [1.54, 1.807) is 48.0 Å². The van der Waals surface area contributed by atoms with Gasteiger partial charge in [0.25, 0.3) is 5.91 Å². The van der Waals surface area contributed by atoms with Gasteiger partial charge in [-0.25, -0.2) is 19.3 Å². The lowest BCUT2D eigenvalue weighted by molar-refractivity contribution is 0.0380. The molecule has 0 fully saturated rings. The molecule has 1 aliphatic rings. The first kappa shape index (κ1) is 20.1. The van der Waals surface area contributed by atoms with Gasteiger partial charge in [-0.15, -0.1) is 0 Å². The number of halogens is 1. The molecule has 4 heterocycles. The number of amides is 1. The van der Waals surface area contributed by atoms with E-state index in [2.05, 4.69) is 25.4 Å². The van der Waals surface area contributed by atoms with E-state index in [1.807, 2.05) is 6.92 Å². The lowest BCUT2D eigenvalue weighted by atomic mass is 10.1. The Kier molecular flexibility index (Phi) is 5.31. The highest BCUT2D eigenvalue weighted by Gasteiger charge is 2.35. The normalized spacial score (nSPS) is 16.9. The highest BCUT2D eigenvalue weighted by molar-refractivity contribution is 5.92. The van der Waals surface area contributed by atoms with Gasteiger partial charge in [-0.1, -0.05) is 12.1 Å². The SMILES string of the molecule is [2H]C([2H])([2H])n1nccc1Nc1ncc(C)c(-c2cn3c(n2)C(=O)N(Cc2ccc(C)c(F)c2)[C@@H](COC)C3)n1. The summed E-state index contributed by atoms with van der Waals surface area (Å²) in [6, 6.07) is 6.16. The summed E-state index contributed by atoms with van der Waals surface area (Å²) in [6.07, 6.45) is 4.71. The van der Waals surface area contributed by atoms with Crippen LogP contribution >= 0.6 is 0 Å². The molecule has 0 aliphatic carbocycles. The quantitative estimate of drug-likeness (QED) is 0.422. The third-order valence-corrected chi connectivity index (χ3v) is 6.12. The number of ether oxygens (including phenoxy) is 1. The first-order chi connectivity index (χ1) is 18.5. The molecule has 36 heavy (non-hydrogen) atoms. The summed E-state index contributed by atoms with van der Waals surface area (Å²) < 4.78 is 45.1. The third-order valence-electron chi connectivity index (χ3n) is 6.12. The van der Waals surface area contributed by atoms with Crippen molar-refractivity contribution in [1.29, 1.82) is 0 Å². The first-order valence-electron chi connectivity index (χ1n) is 12.8. The fourth-order valence-electron chi connectivity index (χ4n) is 4.20. The van der Waals surface area contributed by atoms with Gasteiger partial charge in [-0.3, -0.25) is 9.48 Å². The average Bonchev–Trinajstić information content (AvgIpc) is 3.52. The maximum atomic E-state index is 14.2. The lowest BCUT2D eigenvalue weighted by Gasteiger charge is -2.35. The number of nitrogens with zero attached hydrogens (tertiary/aromatic N) is 7. The molecule has 1 amide bonds. The smallest absolute Gasteiger partial charge is 0.290 e. The molecule has 0 bridgehead atoms. The maximum absolute atomic E-state index is 14.2. The minimum absolute atomic E-state index is 0.152. The number of hydrogen-bond donors (Lipinski definition) is 1. The van der Waals surface area contributed by atoms with Crippen molar-refractivity contribution in [2.24, 2.45) is 6.98 Å². The zero-order valence-electron chi connectivity index (χ0n) is 23.1. The molecule has 0 spiro atoms. The second kappa shape index (κ2) is 9.50. The van der Waals surface area contributed by atoms with Gasteiger partial charge in [0, 0.05) is 49.7 Å². The Labute approximate surface area is 212 Å². The van der Waals surface area contributed by atoms with E-state index >= 15 is 0 Å². The number of hydrogen-bond acceptors (Lipinski definition) is 7. The number of nitrogens with one attached hydrogen (secondary N) is 1. The number of aryl methyl sites for hydroxylation is 3. The average molecular weight is 494 g/mol. The fourth-order valence-corrected chi connectivity index (χ4v) is 4.20. The van der Waals surface area contributed by atoms with Crippen molar-refractivity contribution in [1.82, 2.24) is 34.2 Å². The van der Waals surface area contributed by atoms with E-state index in [9.17, 15) is 9.18 Å². The van der Waals surface area contributed by atoms with Crippen LogP contribution in [0.1, 0.15) is 31.4 Å². The zero-order valence-corrected chi connectivity index (χ0v) is 20.1. The van der Waals surface area contributed by atoms with Crippen molar-refractivity contribution in [2.75, 3.05) is 19.0 Å². The van der Waals surface area contributed by atoms with Crippen molar-refractivity contribution in [2.45, 2.75) is 33.0 Å². The molecule has 5 rings (SSSR count). The molecule has 4 aromatic rings. The van der Waals surface area contributed by atoms with E-state index in [0.717, 1.165) is 4.68 Å². The number of imidazole rings is 1. The van der Waals surface area contributed by atoms with Crippen LogP contribution in [0.5, 0.6) is 0 Å². The van der Waals surface area contributed by atoms with Gasteiger partial charge in [0.15, 0.2) is 5.82 Å². The zero-order chi connectivity index (χ0) is 27.9. The summed E-state index contributed by atoms with van der Waals surface area (Å²) in [5, 5.41) is 6.74. The molecule has 1 atom stereocenters. The molecule has 0 saturated heterocycles. The van der Waals surface area contributed by atoms with Crippen LogP contribution < -0.4 is 5.32 Å². The fraction of sp³-hybridized carbons (Fsp3) is 0.320. The van der Waals surface area contributed by atoms with Crippen LogP contribution in [0.2, 0.25) is 0 Å². The van der Waals surface area contributed by atoms with E-state index < -0.39 is 6.98 Å². The highest BCUT2D eigenvalue weighted by Crippen LogP contribution is 2.27. The Morgan fingerprint density at radius 3 is 2.89 bits per heavy atom. The molecule has 3 aromatic heterocycles. The topological polar surface area (TPSA) is 103 Å². The largest absolute Gasteiger partial charge is 0.382 e. The summed E-state index contributed by atoms with van der Waals surface area (Å²) in [7, 11) is 1.57. The van der Waals surface area contributed by atoms with Crippen LogP contribution in [0.4, 0.5) is 16.2 Å². The van der Waals surface area contributed by atoms with Gasteiger partial charge >= 0.3 is 0 Å². The molecule has 1 N–H and O–H groups in total. The number of aromatic nitrogens is 6.